The van der Waals surface area contributed by atoms with Crippen molar-refractivity contribution in [2.24, 2.45) is 11.8 Å². The molecule has 1 aromatic carbocycles. The van der Waals surface area contributed by atoms with Gasteiger partial charge in [0.25, 0.3) is 0 Å². The SMILES string of the molecule is CC(C)Oc1ccc(F)cc1N1CCN(CCCN2C(=O)C3CC(O)C(F)CC3C2=O)CC1. The molecule has 2 saturated heterocycles. The van der Waals surface area contributed by atoms with Crippen LogP contribution in [-0.4, -0.2) is 84.4 Å². The summed E-state index contributed by atoms with van der Waals surface area (Å²) in [5.41, 5.74) is 0.757. The molecule has 2 aliphatic heterocycles. The molecule has 0 bridgehead atoms. The van der Waals surface area contributed by atoms with E-state index in [2.05, 4.69) is 9.80 Å². The summed E-state index contributed by atoms with van der Waals surface area (Å²) in [7, 11) is 0. The van der Waals surface area contributed by atoms with E-state index in [0.29, 0.717) is 18.7 Å². The number of hydrogen-bond acceptors (Lipinski definition) is 6. The Morgan fingerprint density at radius 3 is 2.39 bits per heavy atom. The van der Waals surface area contributed by atoms with Gasteiger partial charge in [-0.15, -0.1) is 0 Å². The third kappa shape index (κ3) is 5.14. The maximum Gasteiger partial charge on any atom is 0.233 e. The van der Waals surface area contributed by atoms with E-state index in [0.717, 1.165) is 38.4 Å². The standard InChI is InChI=1S/C24H33F2N3O4/c1-15(2)33-22-5-4-16(25)12-20(22)28-10-8-27(9-11-28)6-3-7-29-23(31)17-13-19(26)21(30)14-18(17)24(29)32/h4-5,12,15,17-19,21,30H,3,6-11,13-14H2,1-2H3. The zero-order valence-corrected chi connectivity index (χ0v) is 19.3. The lowest BCUT2D eigenvalue weighted by Gasteiger charge is -2.37. The van der Waals surface area contributed by atoms with Crippen molar-refractivity contribution >= 4 is 17.5 Å². The lowest BCUT2D eigenvalue weighted by Crippen LogP contribution is -2.47. The van der Waals surface area contributed by atoms with Gasteiger partial charge in [-0.05, 0) is 51.8 Å². The minimum absolute atomic E-state index is 0.00519. The molecule has 4 rings (SSSR count). The van der Waals surface area contributed by atoms with Crippen molar-refractivity contribution < 1.29 is 28.2 Å². The van der Waals surface area contributed by atoms with Crippen LogP contribution >= 0.6 is 0 Å². The van der Waals surface area contributed by atoms with Crippen LogP contribution in [0, 0.1) is 17.7 Å². The number of rotatable bonds is 7. The van der Waals surface area contributed by atoms with Gasteiger partial charge in [0.15, 0.2) is 0 Å². The van der Waals surface area contributed by atoms with Gasteiger partial charge in [0, 0.05) is 38.8 Å². The number of fused-ring (bicyclic) bond motifs is 1. The third-order valence-electron chi connectivity index (χ3n) is 6.90. The van der Waals surface area contributed by atoms with Crippen LogP contribution in [0.5, 0.6) is 5.75 Å². The molecule has 1 saturated carbocycles. The first-order valence-electron chi connectivity index (χ1n) is 11.9. The predicted octanol–water partition coefficient (Wildman–Crippen LogP) is 2.22. The number of likely N-dealkylation sites (tertiary alicyclic amines) is 1. The Bertz CT molecular complexity index is 847. The molecule has 3 aliphatic rings. The van der Waals surface area contributed by atoms with Crippen LogP contribution in [0.1, 0.15) is 33.1 Å². The molecule has 2 heterocycles. The van der Waals surface area contributed by atoms with Crippen LogP contribution in [0.15, 0.2) is 18.2 Å². The van der Waals surface area contributed by atoms with E-state index < -0.39 is 24.1 Å². The van der Waals surface area contributed by atoms with Gasteiger partial charge in [-0.2, -0.15) is 0 Å². The number of alkyl halides is 1. The van der Waals surface area contributed by atoms with Gasteiger partial charge in [0.05, 0.1) is 29.7 Å². The molecule has 7 nitrogen and oxygen atoms in total. The van der Waals surface area contributed by atoms with E-state index in [9.17, 15) is 23.5 Å². The fraction of sp³-hybridized carbons (Fsp3) is 0.667. The number of aliphatic hydroxyl groups is 1. The van der Waals surface area contributed by atoms with Gasteiger partial charge in [0.1, 0.15) is 17.7 Å². The van der Waals surface area contributed by atoms with Crippen molar-refractivity contribution in [3.63, 3.8) is 0 Å². The van der Waals surface area contributed by atoms with Gasteiger partial charge in [-0.3, -0.25) is 19.4 Å². The van der Waals surface area contributed by atoms with Crippen molar-refractivity contribution in [3.05, 3.63) is 24.0 Å². The second kappa shape index (κ2) is 9.93. The first-order valence-corrected chi connectivity index (χ1v) is 11.9. The molecule has 4 atom stereocenters. The van der Waals surface area contributed by atoms with Crippen molar-refractivity contribution in [1.29, 1.82) is 0 Å². The smallest absolute Gasteiger partial charge is 0.233 e. The maximum atomic E-state index is 13.9. The number of aliphatic hydroxyl groups excluding tert-OH is 1. The fourth-order valence-electron chi connectivity index (χ4n) is 5.17. The number of anilines is 1. The molecular weight excluding hydrogens is 432 g/mol. The lowest BCUT2D eigenvalue weighted by atomic mass is 9.78. The van der Waals surface area contributed by atoms with Crippen LogP contribution in [-0.2, 0) is 9.59 Å². The molecule has 33 heavy (non-hydrogen) atoms. The topological polar surface area (TPSA) is 73.3 Å². The van der Waals surface area contributed by atoms with Crippen molar-refractivity contribution in [3.8, 4) is 5.75 Å². The Kier molecular flexibility index (Phi) is 7.19. The highest BCUT2D eigenvalue weighted by atomic mass is 19.1. The average Bonchev–Trinajstić information content (AvgIpc) is 3.00. The summed E-state index contributed by atoms with van der Waals surface area (Å²) in [5.74, 6) is -1.41. The highest BCUT2D eigenvalue weighted by Crippen LogP contribution is 2.39. The normalized spacial score (nSPS) is 28.5. The number of hydrogen-bond donors (Lipinski definition) is 1. The summed E-state index contributed by atoms with van der Waals surface area (Å²) in [6.07, 6.45) is -2.02. The van der Waals surface area contributed by atoms with Crippen LogP contribution in [0.3, 0.4) is 0 Å². The molecule has 9 heteroatoms. The van der Waals surface area contributed by atoms with E-state index in [-0.39, 0.29) is 36.6 Å². The summed E-state index contributed by atoms with van der Waals surface area (Å²) in [5, 5.41) is 9.74. The minimum atomic E-state index is -1.44. The highest BCUT2D eigenvalue weighted by molar-refractivity contribution is 6.05. The third-order valence-corrected chi connectivity index (χ3v) is 6.90. The fourth-order valence-corrected chi connectivity index (χ4v) is 5.17. The summed E-state index contributed by atoms with van der Waals surface area (Å²) in [6.45, 7) is 7.92. The first kappa shape index (κ1) is 23.9. The van der Waals surface area contributed by atoms with Crippen LogP contribution in [0.25, 0.3) is 0 Å². The summed E-state index contributed by atoms with van der Waals surface area (Å²) >= 11 is 0. The van der Waals surface area contributed by atoms with Gasteiger partial charge in [-0.1, -0.05) is 0 Å². The Balaban J connectivity index is 1.27. The molecule has 1 aromatic rings. The van der Waals surface area contributed by atoms with Crippen LogP contribution in [0.2, 0.25) is 0 Å². The number of halogens is 2. The summed E-state index contributed by atoms with van der Waals surface area (Å²) in [4.78, 5) is 30.9. The van der Waals surface area contributed by atoms with E-state index in [1.54, 1.807) is 6.07 Å². The van der Waals surface area contributed by atoms with Gasteiger partial charge < -0.3 is 14.7 Å². The number of carbonyl (C=O) groups excluding carboxylic acids is 2. The largest absolute Gasteiger partial charge is 0.489 e. The van der Waals surface area contributed by atoms with Gasteiger partial charge >= 0.3 is 0 Å². The number of benzene rings is 1. The maximum absolute atomic E-state index is 13.9. The van der Waals surface area contributed by atoms with E-state index in [1.807, 2.05) is 13.8 Å². The predicted molar refractivity (Wildman–Crippen MR) is 119 cm³/mol. The molecule has 4 unspecified atom stereocenters. The lowest BCUT2D eigenvalue weighted by molar-refractivity contribution is -0.140. The van der Waals surface area contributed by atoms with E-state index >= 15 is 0 Å². The van der Waals surface area contributed by atoms with E-state index in [4.69, 9.17) is 4.74 Å². The van der Waals surface area contributed by atoms with Crippen LogP contribution in [0.4, 0.5) is 14.5 Å². The number of imide groups is 1. The number of ether oxygens (including phenoxy) is 1. The molecule has 182 valence electrons. The molecular formula is C24H33F2N3O4. The van der Waals surface area contributed by atoms with Crippen molar-refractivity contribution in [2.45, 2.75) is 51.5 Å². The number of nitrogens with zero attached hydrogens (tertiary/aromatic N) is 3. The van der Waals surface area contributed by atoms with Gasteiger partial charge in [-0.25, -0.2) is 8.78 Å². The number of amides is 2. The molecule has 3 fully saturated rings. The number of piperazine rings is 1. The summed E-state index contributed by atoms with van der Waals surface area (Å²) in [6, 6.07) is 4.59. The molecule has 2 amide bonds. The van der Waals surface area contributed by atoms with Crippen molar-refractivity contribution in [1.82, 2.24) is 9.80 Å². The first-order chi connectivity index (χ1) is 15.7. The quantitative estimate of drug-likeness (QED) is 0.623. The molecule has 1 aliphatic carbocycles. The second-order valence-electron chi connectivity index (χ2n) is 9.56. The number of carbonyl (C=O) groups is 2. The van der Waals surface area contributed by atoms with Crippen molar-refractivity contribution in [2.75, 3.05) is 44.2 Å². The zero-order chi connectivity index (χ0) is 23.7. The molecule has 0 spiro atoms. The summed E-state index contributed by atoms with van der Waals surface area (Å²) < 4.78 is 33.5. The van der Waals surface area contributed by atoms with Crippen LogP contribution < -0.4 is 9.64 Å². The zero-order valence-electron chi connectivity index (χ0n) is 19.3. The van der Waals surface area contributed by atoms with E-state index in [1.165, 1.54) is 17.0 Å². The monoisotopic (exact) mass is 465 g/mol. The Morgan fingerprint density at radius 1 is 1.06 bits per heavy atom. The molecule has 0 aromatic heterocycles. The molecule has 1 N–H and O–H groups in total. The Labute approximate surface area is 193 Å². The highest BCUT2D eigenvalue weighted by Gasteiger charge is 2.52. The molecule has 0 radical (unpaired) electrons. The van der Waals surface area contributed by atoms with Gasteiger partial charge in [0.2, 0.25) is 11.8 Å². The average molecular weight is 466 g/mol. The Morgan fingerprint density at radius 2 is 1.73 bits per heavy atom. The minimum Gasteiger partial charge on any atom is -0.489 e. The second-order valence-corrected chi connectivity index (χ2v) is 9.56. The Hall–Kier alpha value is -2.26.